The Morgan fingerprint density at radius 3 is 2.71 bits per heavy atom. The number of amides is 1. The van der Waals surface area contributed by atoms with Gasteiger partial charge in [-0.05, 0) is 31.5 Å². The topological polar surface area (TPSA) is 63.7 Å². The van der Waals surface area contributed by atoms with Crippen molar-refractivity contribution in [2.75, 3.05) is 20.3 Å². The Kier molecular flexibility index (Phi) is 4.15. The molecular formula is C14H16FNO4S. The van der Waals surface area contributed by atoms with E-state index in [0.29, 0.717) is 6.61 Å². The van der Waals surface area contributed by atoms with Crippen molar-refractivity contribution >= 4 is 15.9 Å². The molecule has 0 spiro atoms. The molecule has 7 heteroatoms. The first-order valence-corrected chi connectivity index (χ1v) is 7.75. The summed E-state index contributed by atoms with van der Waals surface area (Å²) >= 11 is 0. The zero-order valence-corrected chi connectivity index (χ0v) is 12.8. The third-order valence-corrected chi connectivity index (χ3v) is 5.17. The molecule has 1 heterocycles. The predicted octanol–water partition coefficient (Wildman–Crippen LogP) is 1.87. The summed E-state index contributed by atoms with van der Waals surface area (Å²) in [5.41, 5.74) is 0.933. The second-order valence-electron chi connectivity index (χ2n) is 4.92. The number of nitrogens with zero attached hydrogens (tertiary/aromatic N) is 1. The van der Waals surface area contributed by atoms with Crippen molar-refractivity contribution in [3.8, 4) is 0 Å². The minimum Gasteiger partial charge on any atom is -0.380 e. The Balaban J connectivity index is 2.43. The van der Waals surface area contributed by atoms with Crippen molar-refractivity contribution in [2.45, 2.75) is 18.7 Å². The number of hydrogen-bond acceptors (Lipinski definition) is 4. The number of carbonyl (C=O) groups is 1. The molecule has 0 radical (unpaired) electrons. The van der Waals surface area contributed by atoms with E-state index in [2.05, 4.69) is 0 Å². The molecule has 21 heavy (non-hydrogen) atoms. The van der Waals surface area contributed by atoms with Gasteiger partial charge >= 0.3 is 0 Å². The highest BCUT2D eigenvalue weighted by Crippen LogP contribution is 2.33. The number of aryl methyl sites for hydroxylation is 1. The third kappa shape index (κ3) is 2.71. The Bertz CT molecular complexity index is 725. The number of benzene rings is 1. The summed E-state index contributed by atoms with van der Waals surface area (Å²) in [5, 5.41) is 0. The van der Waals surface area contributed by atoms with Crippen molar-refractivity contribution in [1.82, 2.24) is 4.31 Å². The van der Waals surface area contributed by atoms with Gasteiger partial charge < -0.3 is 4.74 Å². The number of methoxy groups -OCH3 is 1. The fourth-order valence-corrected chi connectivity index (χ4v) is 3.99. The Morgan fingerprint density at radius 1 is 1.43 bits per heavy atom. The second-order valence-corrected chi connectivity index (χ2v) is 6.72. The molecule has 0 atom stereocenters. The van der Waals surface area contributed by atoms with Gasteiger partial charge in [-0.1, -0.05) is 11.6 Å². The van der Waals surface area contributed by atoms with Crippen LogP contribution in [0.4, 0.5) is 4.39 Å². The highest BCUT2D eigenvalue weighted by molar-refractivity contribution is 7.90. The minimum atomic E-state index is -3.92. The first-order chi connectivity index (χ1) is 9.78. The van der Waals surface area contributed by atoms with Crippen LogP contribution < -0.4 is 0 Å². The summed E-state index contributed by atoms with van der Waals surface area (Å²) in [4.78, 5) is 12.1. The molecule has 0 fully saturated rings. The smallest absolute Gasteiger partial charge is 0.269 e. The van der Waals surface area contributed by atoms with E-state index >= 15 is 0 Å². The standard InChI is InChI=1S/C14H16FNO4S/c1-9(8-20-3)4-5-16-14(17)12-7-11(15)6-10(2)13(12)21(16,18)19/h4,6-7H,5,8H2,1-3H3. The van der Waals surface area contributed by atoms with E-state index in [0.717, 1.165) is 22.0 Å². The Labute approximate surface area is 123 Å². The molecule has 5 nitrogen and oxygen atoms in total. The van der Waals surface area contributed by atoms with Crippen molar-refractivity contribution in [3.63, 3.8) is 0 Å². The molecule has 1 aliphatic rings. The molecule has 0 saturated heterocycles. The van der Waals surface area contributed by atoms with E-state index in [1.807, 2.05) is 0 Å². The van der Waals surface area contributed by atoms with Gasteiger partial charge in [-0.25, -0.2) is 17.1 Å². The molecule has 1 aromatic carbocycles. The largest absolute Gasteiger partial charge is 0.380 e. The van der Waals surface area contributed by atoms with Crippen LogP contribution in [0.2, 0.25) is 0 Å². The summed E-state index contributed by atoms with van der Waals surface area (Å²) in [5.74, 6) is -1.32. The van der Waals surface area contributed by atoms with E-state index in [4.69, 9.17) is 4.74 Å². The fraction of sp³-hybridized carbons (Fsp3) is 0.357. The number of rotatable bonds is 4. The molecule has 0 N–H and O–H groups in total. The summed E-state index contributed by atoms with van der Waals surface area (Å²) in [7, 11) is -2.40. The van der Waals surface area contributed by atoms with Gasteiger partial charge in [0.2, 0.25) is 0 Å². The number of fused-ring (bicyclic) bond motifs is 1. The van der Waals surface area contributed by atoms with Gasteiger partial charge in [-0.3, -0.25) is 4.79 Å². The maximum atomic E-state index is 13.4. The van der Waals surface area contributed by atoms with Crippen LogP contribution in [0.5, 0.6) is 0 Å². The number of ether oxygens (including phenoxy) is 1. The summed E-state index contributed by atoms with van der Waals surface area (Å²) < 4.78 is 43.9. The fourth-order valence-electron chi connectivity index (χ4n) is 2.29. The molecule has 0 bridgehead atoms. The number of hydrogen-bond donors (Lipinski definition) is 0. The highest BCUT2D eigenvalue weighted by atomic mass is 32.2. The molecular weight excluding hydrogens is 297 g/mol. The van der Waals surface area contributed by atoms with Crippen LogP contribution in [-0.4, -0.2) is 38.9 Å². The highest BCUT2D eigenvalue weighted by Gasteiger charge is 2.42. The molecule has 0 unspecified atom stereocenters. The lowest BCUT2D eigenvalue weighted by Crippen LogP contribution is -2.30. The minimum absolute atomic E-state index is 0.0912. The summed E-state index contributed by atoms with van der Waals surface area (Å²) in [6.45, 7) is 3.51. The van der Waals surface area contributed by atoms with Gasteiger partial charge in [0, 0.05) is 7.11 Å². The maximum absolute atomic E-state index is 13.4. The first kappa shape index (κ1) is 15.7. The molecule has 1 amide bonds. The SMILES string of the molecule is COCC(C)=CCN1C(=O)c2cc(F)cc(C)c2S1(=O)=O. The Morgan fingerprint density at radius 2 is 2.10 bits per heavy atom. The molecule has 1 aliphatic heterocycles. The molecule has 0 aliphatic carbocycles. The normalized spacial score (nSPS) is 17.2. The average Bonchev–Trinajstić information content (AvgIpc) is 2.55. The van der Waals surface area contributed by atoms with Crippen LogP contribution in [0.25, 0.3) is 0 Å². The van der Waals surface area contributed by atoms with Crippen LogP contribution in [-0.2, 0) is 14.8 Å². The number of carbonyl (C=O) groups excluding carboxylic acids is 1. The molecule has 114 valence electrons. The number of sulfonamides is 1. The van der Waals surface area contributed by atoms with E-state index < -0.39 is 21.7 Å². The van der Waals surface area contributed by atoms with Crippen molar-refractivity contribution < 1.29 is 22.3 Å². The molecule has 1 aromatic rings. The van der Waals surface area contributed by atoms with Crippen LogP contribution in [0, 0.1) is 12.7 Å². The van der Waals surface area contributed by atoms with Gasteiger partial charge in [-0.2, -0.15) is 0 Å². The summed E-state index contributed by atoms with van der Waals surface area (Å²) in [6.07, 6.45) is 1.61. The van der Waals surface area contributed by atoms with E-state index in [-0.39, 0.29) is 22.6 Å². The van der Waals surface area contributed by atoms with E-state index in [1.54, 1.807) is 13.0 Å². The lowest BCUT2D eigenvalue weighted by molar-refractivity contribution is 0.0880. The van der Waals surface area contributed by atoms with Crippen molar-refractivity contribution in [3.05, 3.63) is 40.7 Å². The van der Waals surface area contributed by atoms with Gasteiger partial charge in [0.25, 0.3) is 15.9 Å². The molecule has 0 saturated carbocycles. The average molecular weight is 313 g/mol. The second kappa shape index (κ2) is 5.57. The first-order valence-electron chi connectivity index (χ1n) is 6.31. The quantitative estimate of drug-likeness (QED) is 0.796. The van der Waals surface area contributed by atoms with Gasteiger partial charge in [0.1, 0.15) is 10.7 Å². The Hall–Kier alpha value is -1.73. The van der Waals surface area contributed by atoms with Gasteiger partial charge in [0.05, 0.1) is 18.7 Å². The van der Waals surface area contributed by atoms with E-state index in [9.17, 15) is 17.6 Å². The van der Waals surface area contributed by atoms with Crippen molar-refractivity contribution in [2.24, 2.45) is 0 Å². The lowest BCUT2D eigenvalue weighted by Gasteiger charge is -2.13. The predicted molar refractivity (Wildman–Crippen MR) is 75.0 cm³/mol. The van der Waals surface area contributed by atoms with Crippen LogP contribution >= 0.6 is 0 Å². The van der Waals surface area contributed by atoms with E-state index in [1.165, 1.54) is 14.0 Å². The third-order valence-electron chi connectivity index (χ3n) is 3.22. The number of halogens is 1. The maximum Gasteiger partial charge on any atom is 0.269 e. The van der Waals surface area contributed by atoms with Crippen LogP contribution in [0.3, 0.4) is 0 Å². The molecule has 0 aromatic heterocycles. The molecule has 2 rings (SSSR count). The van der Waals surface area contributed by atoms with Gasteiger partial charge in [-0.15, -0.1) is 0 Å². The van der Waals surface area contributed by atoms with Crippen molar-refractivity contribution in [1.29, 1.82) is 0 Å². The van der Waals surface area contributed by atoms with Gasteiger partial charge in [0.15, 0.2) is 0 Å². The zero-order valence-electron chi connectivity index (χ0n) is 12.0. The summed E-state index contributed by atoms with van der Waals surface area (Å²) in [6, 6.07) is 2.08. The van der Waals surface area contributed by atoms with Crippen LogP contribution in [0.15, 0.2) is 28.7 Å². The lowest BCUT2D eigenvalue weighted by atomic mass is 10.1. The monoisotopic (exact) mass is 313 g/mol. The zero-order chi connectivity index (χ0) is 15.8. The van der Waals surface area contributed by atoms with Crippen LogP contribution in [0.1, 0.15) is 22.8 Å².